The lowest BCUT2D eigenvalue weighted by Crippen LogP contribution is -2.55. The molecule has 4 aromatic rings. The number of para-hydroxylation sites is 1. The Labute approximate surface area is 267 Å². The molecule has 0 saturated carbocycles. The molecule has 45 heavy (non-hydrogen) atoms. The van der Waals surface area contributed by atoms with Gasteiger partial charge in [0.25, 0.3) is 0 Å². The highest BCUT2D eigenvalue weighted by molar-refractivity contribution is 6.01. The van der Waals surface area contributed by atoms with Crippen LogP contribution in [-0.2, 0) is 11.3 Å². The molecule has 1 unspecified atom stereocenters. The Morgan fingerprint density at radius 2 is 1.44 bits per heavy atom. The molecule has 2 aliphatic rings. The minimum absolute atomic E-state index is 0.0246. The van der Waals surface area contributed by atoms with Crippen LogP contribution in [0.3, 0.4) is 0 Å². The molecule has 6 rings (SSSR count). The minimum Gasteiger partial charge on any atom is -0.352 e. The number of amides is 1. The molecule has 1 saturated heterocycles. The number of nitrogens with zero attached hydrogens (tertiary/aromatic N) is 5. The van der Waals surface area contributed by atoms with Gasteiger partial charge < -0.3 is 20.0 Å². The van der Waals surface area contributed by atoms with Crippen molar-refractivity contribution in [2.45, 2.75) is 25.4 Å². The zero-order valence-electron chi connectivity index (χ0n) is 26.5. The number of benzene rings is 4. The Morgan fingerprint density at radius 1 is 0.800 bits per heavy atom. The number of fused-ring (bicyclic) bond motifs is 1. The van der Waals surface area contributed by atoms with E-state index < -0.39 is 0 Å². The van der Waals surface area contributed by atoms with E-state index in [2.05, 4.69) is 106 Å². The molecule has 0 aliphatic carbocycles. The zero-order chi connectivity index (χ0) is 31.0. The average molecular weight is 601 g/mol. The van der Waals surface area contributed by atoms with Gasteiger partial charge in [0.15, 0.2) is 0 Å². The Bertz CT molecular complexity index is 1560. The van der Waals surface area contributed by atoms with Crippen molar-refractivity contribution < 1.29 is 4.79 Å². The Morgan fingerprint density at radius 3 is 2.16 bits per heavy atom. The third kappa shape index (κ3) is 7.62. The molecule has 0 bridgehead atoms. The average Bonchev–Trinajstić information content (AvgIpc) is 3.08. The normalized spacial score (nSPS) is 16.8. The first-order valence-electron chi connectivity index (χ1n) is 16.1. The second-order valence-electron chi connectivity index (χ2n) is 12.2. The zero-order valence-corrected chi connectivity index (χ0v) is 26.5. The maximum absolute atomic E-state index is 13.6. The number of carbonyl (C=O) groups is 1. The van der Waals surface area contributed by atoms with Crippen LogP contribution in [0, 0.1) is 0 Å². The van der Waals surface area contributed by atoms with E-state index in [4.69, 9.17) is 4.99 Å². The highest BCUT2D eigenvalue weighted by atomic mass is 16.1. The van der Waals surface area contributed by atoms with Gasteiger partial charge in [0, 0.05) is 44.0 Å². The summed E-state index contributed by atoms with van der Waals surface area (Å²) >= 11 is 0. The molecule has 0 radical (unpaired) electrons. The Kier molecular flexibility index (Phi) is 9.88. The van der Waals surface area contributed by atoms with Gasteiger partial charge in [-0.25, -0.2) is 4.99 Å². The quantitative estimate of drug-likeness (QED) is 0.236. The lowest BCUT2D eigenvalue weighted by Gasteiger charge is -2.45. The second-order valence-corrected chi connectivity index (χ2v) is 12.2. The van der Waals surface area contributed by atoms with E-state index in [-0.39, 0.29) is 11.9 Å². The van der Waals surface area contributed by atoms with Crippen molar-refractivity contribution in [1.82, 2.24) is 20.0 Å². The first kappa shape index (κ1) is 30.6. The summed E-state index contributed by atoms with van der Waals surface area (Å²) in [7, 11) is 4.27. The SMILES string of the molecule is CN(C)CCCN1CCN(C2=Nc3ccccc3C(CC(=O)NCc3ccccc3)N2c2ccc(-c3ccccc3)cc2)CC1. The van der Waals surface area contributed by atoms with Crippen molar-refractivity contribution in [2.24, 2.45) is 4.99 Å². The molecule has 7 heteroatoms. The topological polar surface area (TPSA) is 54.4 Å². The molecule has 1 amide bonds. The van der Waals surface area contributed by atoms with Gasteiger partial charge in [-0.05, 0) is 68.5 Å². The summed E-state index contributed by atoms with van der Waals surface area (Å²) in [6, 6.07) is 37.4. The number of anilines is 1. The highest BCUT2D eigenvalue weighted by Crippen LogP contribution is 2.41. The summed E-state index contributed by atoms with van der Waals surface area (Å²) in [5, 5.41) is 3.18. The maximum atomic E-state index is 13.6. The van der Waals surface area contributed by atoms with E-state index in [1.807, 2.05) is 42.5 Å². The molecule has 1 fully saturated rings. The number of hydrogen-bond donors (Lipinski definition) is 1. The third-order valence-corrected chi connectivity index (χ3v) is 8.74. The number of rotatable bonds is 10. The predicted octanol–water partition coefficient (Wildman–Crippen LogP) is 6.18. The highest BCUT2D eigenvalue weighted by Gasteiger charge is 2.36. The molecule has 2 aliphatic heterocycles. The molecular weight excluding hydrogens is 556 g/mol. The van der Waals surface area contributed by atoms with Gasteiger partial charge in [0.2, 0.25) is 11.9 Å². The van der Waals surface area contributed by atoms with Gasteiger partial charge in [0.1, 0.15) is 0 Å². The van der Waals surface area contributed by atoms with Crippen LogP contribution in [0.4, 0.5) is 11.4 Å². The van der Waals surface area contributed by atoms with Crippen LogP contribution >= 0.6 is 0 Å². The lowest BCUT2D eigenvalue weighted by molar-refractivity contribution is -0.121. The first-order valence-corrected chi connectivity index (χ1v) is 16.1. The molecule has 4 aromatic carbocycles. The van der Waals surface area contributed by atoms with Crippen LogP contribution in [0.25, 0.3) is 11.1 Å². The van der Waals surface area contributed by atoms with Gasteiger partial charge in [-0.1, -0.05) is 91.0 Å². The van der Waals surface area contributed by atoms with Crippen LogP contribution < -0.4 is 10.2 Å². The number of nitrogens with one attached hydrogen (secondary N) is 1. The number of guanidine groups is 1. The van der Waals surface area contributed by atoms with E-state index in [9.17, 15) is 4.79 Å². The molecule has 7 nitrogen and oxygen atoms in total. The number of piperazine rings is 1. The summed E-state index contributed by atoms with van der Waals surface area (Å²) in [6.45, 7) is 6.51. The maximum Gasteiger partial charge on any atom is 0.222 e. The van der Waals surface area contributed by atoms with Crippen LogP contribution in [0.1, 0.15) is 30.0 Å². The van der Waals surface area contributed by atoms with Crippen LogP contribution in [0.2, 0.25) is 0 Å². The summed E-state index contributed by atoms with van der Waals surface area (Å²) in [5.41, 5.74) is 6.50. The number of aliphatic imine (C=N–C) groups is 1. The van der Waals surface area contributed by atoms with Crippen LogP contribution in [0.15, 0.2) is 114 Å². The number of carbonyl (C=O) groups excluding carboxylic acids is 1. The van der Waals surface area contributed by atoms with Crippen molar-refractivity contribution in [3.63, 3.8) is 0 Å². The van der Waals surface area contributed by atoms with Crippen molar-refractivity contribution in [2.75, 3.05) is 58.3 Å². The monoisotopic (exact) mass is 600 g/mol. The standard InChI is InChI=1S/C38H44N6O/c1-41(2)22-11-23-42-24-26-43(27-25-42)38-40-35-17-10-9-16-34(35)36(28-37(45)39-29-30-12-5-3-6-13-30)44(38)33-20-18-32(19-21-33)31-14-7-4-8-15-31/h3-10,12-21,36H,11,22-29H2,1-2H3,(H,39,45). The van der Waals surface area contributed by atoms with Crippen LogP contribution in [-0.4, -0.2) is 79.9 Å². The van der Waals surface area contributed by atoms with E-state index in [0.29, 0.717) is 13.0 Å². The molecule has 2 heterocycles. The molecular formula is C38H44N6O. The predicted molar refractivity (Wildman–Crippen MR) is 185 cm³/mol. The molecule has 0 spiro atoms. The third-order valence-electron chi connectivity index (χ3n) is 8.74. The van der Waals surface area contributed by atoms with Crippen molar-refractivity contribution in [1.29, 1.82) is 0 Å². The summed E-state index contributed by atoms with van der Waals surface area (Å²) in [4.78, 5) is 28.4. The summed E-state index contributed by atoms with van der Waals surface area (Å²) < 4.78 is 0. The molecule has 232 valence electrons. The van der Waals surface area contributed by atoms with E-state index >= 15 is 0 Å². The minimum atomic E-state index is -0.190. The fraction of sp³-hybridized carbons (Fsp3) is 0.316. The van der Waals surface area contributed by atoms with Crippen LogP contribution in [0.5, 0.6) is 0 Å². The Hall–Kier alpha value is -4.46. The first-order chi connectivity index (χ1) is 22.0. The van der Waals surface area contributed by atoms with Gasteiger partial charge in [-0.15, -0.1) is 0 Å². The Balaban J connectivity index is 1.29. The van der Waals surface area contributed by atoms with Crippen molar-refractivity contribution in [3.05, 3.63) is 120 Å². The molecule has 1 atom stereocenters. The molecule has 0 aromatic heterocycles. The largest absolute Gasteiger partial charge is 0.352 e. The van der Waals surface area contributed by atoms with Gasteiger partial charge >= 0.3 is 0 Å². The summed E-state index contributed by atoms with van der Waals surface area (Å²) in [5.74, 6) is 0.950. The fourth-order valence-corrected chi connectivity index (χ4v) is 6.30. The van der Waals surface area contributed by atoms with E-state index in [0.717, 1.165) is 67.7 Å². The van der Waals surface area contributed by atoms with Crippen molar-refractivity contribution >= 4 is 23.2 Å². The van der Waals surface area contributed by atoms with E-state index in [1.165, 1.54) is 17.5 Å². The number of hydrogen-bond acceptors (Lipinski definition) is 6. The van der Waals surface area contributed by atoms with E-state index in [1.54, 1.807) is 0 Å². The van der Waals surface area contributed by atoms with Gasteiger partial charge in [-0.2, -0.15) is 0 Å². The fourth-order valence-electron chi connectivity index (χ4n) is 6.30. The van der Waals surface area contributed by atoms with Gasteiger partial charge in [-0.3, -0.25) is 9.69 Å². The lowest BCUT2D eigenvalue weighted by atomic mass is 9.96. The molecule has 1 N–H and O–H groups in total. The smallest absolute Gasteiger partial charge is 0.222 e. The second kappa shape index (κ2) is 14.5. The van der Waals surface area contributed by atoms with Gasteiger partial charge in [0.05, 0.1) is 18.2 Å². The van der Waals surface area contributed by atoms with Crippen molar-refractivity contribution in [3.8, 4) is 11.1 Å². The summed E-state index contributed by atoms with van der Waals surface area (Å²) in [6.07, 6.45) is 1.50.